The van der Waals surface area contributed by atoms with Crippen LogP contribution in [0.2, 0.25) is 0 Å². The van der Waals surface area contributed by atoms with E-state index in [0.29, 0.717) is 13.0 Å². The summed E-state index contributed by atoms with van der Waals surface area (Å²) in [6.07, 6.45) is -4.41. The number of halogens is 3. The molecule has 2 N–H and O–H groups in total. The standard InChI is InChI=1S/C12H17F3N2O3S/c1-2-16-7-4-8-21(18,19)17-10-5-3-6-11(9-10)20-12(13,14)15/h3,5-6,9,16-17H,2,4,7-8H2,1H3. The Balaban J connectivity index is 2.63. The van der Waals surface area contributed by atoms with E-state index in [4.69, 9.17) is 0 Å². The molecule has 0 saturated heterocycles. The first-order valence-corrected chi connectivity index (χ1v) is 7.94. The minimum absolute atomic E-state index is 0.0280. The molecule has 0 aliphatic heterocycles. The molecule has 1 aromatic carbocycles. The van der Waals surface area contributed by atoms with E-state index in [1.54, 1.807) is 0 Å². The lowest BCUT2D eigenvalue weighted by Gasteiger charge is -2.11. The summed E-state index contributed by atoms with van der Waals surface area (Å²) in [6.45, 7) is 3.19. The van der Waals surface area contributed by atoms with Gasteiger partial charge in [0, 0.05) is 6.07 Å². The number of hydrogen-bond donors (Lipinski definition) is 2. The summed E-state index contributed by atoms with van der Waals surface area (Å²) in [5, 5.41) is 2.98. The van der Waals surface area contributed by atoms with Crippen LogP contribution in [0.1, 0.15) is 13.3 Å². The summed E-state index contributed by atoms with van der Waals surface area (Å²) in [5.41, 5.74) is 0.0280. The van der Waals surface area contributed by atoms with Gasteiger partial charge in [0.05, 0.1) is 11.4 Å². The van der Waals surface area contributed by atoms with Crippen LogP contribution in [-0.4, -0.2) is 33.6 Å². The fraction of sp³-hybridized carbons (Fsp3) is 0.500. The molecule has 120 valence electrons. The van der Waals surface area contributed by atoms with Gasteiger partial charge in [0.25, 0.3) is 0 Å². The molecule has 0 heterocycles. The summed E-state index contributed by atoms with van der Waals surface area (Å²) in [7, 11) is -3.60. The first-order chi connectivity index (χ1) is 9.72. The quantitative estimate of drug-likeness (QED) is 0.720. The molecule has 0 unspecified atom stereocenters. The zero-order valence-electron chi connectivity index (χ0n) is 11.4. The molecular weight excluding hydrogens is 309 g/mol. The Morgan fingerprint density at radius 2 is 2.00 bits per heavy atom. The molecule has 0 radical (unpaired) electrons. The van der Waals surface area contributed by atoms with Gasteiger partial charge in [-0.15, -0.1) is 13.2 Å². The third-order valence-corrected chi connectivity index (χ3v) is 3.73. The van der Waals surface area contributed by atoms with Gasteiger partial charge in [-0.25, -0.2) is 8.42 Å². The monoisotopic (exact) mass is 326 g/mol. The minimum atomic E-state index is -4.82. The van der Waals surface area contributed by atoms with Crippen molar-refractivity contribution in [1.29, 1.82) is 0 Å². The molecule has 0 aliphatic rings. The van der Waals surface area contributed by atoms with E-state index < -0.39 is 22.1 Å². The van der Waals surface area contributed by atoms with Gasteiger partial charge in [-0.2, -0.15) is 0 Å². The summed E-state index contributed by atoms with van der Waals surface area (Å²) in [5.74, 6) is -0.597. The SMILES string of the molecule is CCNCCCS(=O)(=O)Nc1cccc(OC(F)(F)F)c1. The normalized spacial score (nSPS) is 12.2. The highest BCUT2D eigenvalue weighted by atomic mass is 32.2. The van der Waals surface area contributed by atoms with Crippen molar-refractivity contribution in [3.8, 4) is 5.75 Å². The van der Waals surface area contributed by atoms with E-state index in [0.717, 1.165) is 18.7 Å². The number of hydrogen-bond acceptors (Lipinski definition) is 4. The molecule has 1 rings (SSSR count). The Bertz CT molecular complexity index is 547. The lowest BCUT2D eigenvalue weighted by atomic mass is 10.3. The molecule has 0 aliphatic carbocycles. The maximum Gasteiger partial charge on any atom is 0.573 e. The Kier molecular flexibility index (Phi) is 6.28. The lowest BCUT2D eigenvalue weighted by Crippen LogP contribution is -2.22. The number of nitrogens with one attached hydrogen (secondary N) is 2. The van der Waals surface area contributed by atoms with Crippen LogP contribution in [0.5, 0.6) is 5.75 Å². The maximum absolute atomic E-state index is 12.1. The molecule has 0 amide bonds. The van der Waals surface area contributed by atoms with E-state index in [1.807, 2.05) is 6.92 Å². The largest absolute Gasteiger partial charge is 0.573 e. The molecule has 0 fully saturated rings. The zero-order valence-corrected chi connectivity index (χ0v) is 12.2. The second-order valence-corrected chi connectivity index (χ2v) is 6.05. The topological polar surface area (TPSA) is 67.4 Å². The Morgan fingerprint density at radius 1 is 1.29 bits per heavy atom. The number of alkyl halides is 3. The van der Waals surface area contributed by atoms with Crippen LogP contribution in [0.25, 0.3) is 0 Å². The van der Waals surface area contributed by atoms with E-state index in [-0.39, 0.29) is 11.4 Å². The van der Waals surface area contributed by atoms with Crippen molar-refractivity contribution in [1.82, 2.24) is 5.32 Å². The van der Waals surface area contributed by atoms with Crippen LogP contribution < -0.4 is 14.8 Å². The molecule has 0 saturated carbocycles. The maximum atomic E-state index is 12.1. The van der Waals surface area contributed by atoms with E-state index in [2.05, 4.69) is 14.8 Å². The second kappa shape index (κ2) is 7.51. The summed E-state index contributed by atoms with van der Waals surface area (Å²) < 4.78 is 65.7. The molecule has 5 nitrogen and oxygen atoms in total. The molecule has 0 bridgehead atoms. The van der Waals surface area contributed by atoms with Crippen molar-refractivity contribution in [2.45, 2.75) is 19.7 Å². The first kappa shape index (κ1) is 17.6. The summed E-state index contributed by atoms with van der Waals surface area (Å²) in [6, 6.07) is 4.70. The molecule has 0 aromatic heterocycles. The average molecular weight is 326 g/mol. The third kappa shape index (κ3) is 7.76. The van der Waals surface area contributed by atoms with Gasteiger partial charge in [0.15, 0.2) is 0 Å². The van der Waals surface area contributed by atoms with Crippen LogP contribution in [0.15, 0.2) is 24.3 Å². The Hall–Kier alpha value is -1.48. The Labute approximate surface area is 121 Å². The van der Waals surface area contributed by atoms with E-state index in [1.165, 1.54) is 12.1 Å². The van der Waals surface area contributed by atoms with Crippen LogP contribution >= 0.6 is 0 Å². The van der Waals surface area contributed by atoms with Gasteiger partial charge in [0.1, 0.15) is 5.75 Å². The highest BCUT2D eigenvalue weighted by Gasteiger charge is 2.31. The number of benzene rings is 1. The number of sulfonamides is 1. The van der Waals surface area contributed by atoms with Crippen LogP contribution in [-0.2, 0) is 10.0 Å². The predicted molar refractivity (Wildman–Crippen MR) is 73.7 cm³/mol. The lowest BCUT2D eigenvalue weighted by molar-refractivity contribution is -0.274. The van der Waals surface area contributed by atoms with E-state index >= 15 is 0 Å². The first-order valence-electron chi connectivity index (χ1n) is 6.29. The smallest absolute Gasteiger partial charge is 0.406 e. The van der Waals surface area contributed by atoms with E-state index in [9.17, 15) is 21.6 Å². The van der Waals surface area contributed by atoms with Gasteiger partial charge >= 0.3 is 6.36 Å². The summed E-state index contributed by atoms with van der Waals surface area (Å²) >= 11 is 0. The summed E-state index contributed by atoms with van der Waals surface area (Å²) in [4.78, 5) is 0. The van der Waals surface area contributed by atoms with Crippen molar-refractivity contribution in [2.24, 2.45) is 0 Å². The van der Waals surface area contributed by atoms with Gasteiger partial charge in [0.2, 0.25) is 10.0 Å². The third-order valence-electron chi connectivity index (χ3n) is 2.36. The van der Waals surface area contributed by atoms with Crippen LogP contribution in [0, 0.1) is 0 Å². The van der Waals surface area contributed by atoms with Crippen molar-refractivity contribution in [3.63, 3.8) is 0 Å². The molecule has 9 heteroatoms. The highest BCUT2D eigenvalue weighted by Crippen LogP contribution is 2.25. The van der Waals surface area contributed by atoms with Gasteiger partial charge in [-0.05, 0) is 31.6 Å². The molecule has 0 atom stereocenters. The molecule has 0 spiro atoms. The number of ether oxygens (including phenoxy) is 1. The average Bonchev–Trinajstić information content (AvgIpc) is 2.32. The predicted octanol–water partition coefficient (Wildman–Crippen LogP) is 2.33. The van der Waals surface area contributed by atoms with Crippen LogP contribution in [0.4, 0.5) is 18.9 Å². The molecule has 1 aromatic rings. The van der Waals surface area contributed by atoms with Crippen molar-refractivity contribution < 1.29 is 26.3 Å². The number of anilines is 1. The van der Waals surface area contributed by atoms with Crippen molar-refractivity contribution in [3.05, 3.63) is 24.3 Å². The Morgan fingerprint density at radius 3 is 2.62 bits per heavy atom. The second-order valence-electron chi connectivity index (χ2n) is 4.20. The van der Waals surface area contributed by atoms with Crippen molar-refractivity contribution in [2.75, 3.05) is 23.6 Å². The fourth-order valence-corrected chi connectivity index (χ4v) is 2.66. The van der Waals surface area contributed by atoms with Gasteiger partial charge < -0.3 is 10.1 Å². The highest BCUT2D eigenvalue weighted by molar-refractivity contribution is 7.92. The zero-order chi connectivity index (χ0) is 15.9. The fourth-order valence-electron chi connectivity index (χ4n) is 1.55. The number of rotatable bonds is 8. The minimum Gasteiger partial charge on any atom is -0.406 e. The van der Waals surface area contributed by atoms with Gasteiger partial charge in [-0.3, -0.25) is 4.72 Å². The molecule has 21 heavy (non-hydrogen) atoms. The molecular formula is C12H17F3N2O3S. The van der Waals surface area contributed by atoms with Crippen LogP contribution in [0.3, 0.4) is 0 Å². The van der Waals surface area contributed by atoms with Crippen molar-refractivity contribution >= 4 is 15.7 Å². The van der Waals surface area contributed by atoms with Gasteiger partial charge in [-0.1, -0.05) is 13.0 Å².